The van der Waals surface area contributed by atoms with Crippen LogP contribution in [0.4, 0.5) is 13.2 Å². The van der Waals surface area contributed by atoms with Crippen LogP contribution >= 0.6 is 0 Å². The Morgan fingerprint density at radius 2 is 2.00 bits per heavy atom. The van der Waals surface area contributed by atoms with Gasteiger partial charge in [-0.3, -0.25) is 0 Å². The maximum absolute atomic E-state index is 12.7. The third kappa shape index (κ3) is 4.20. The number of halogens is 3. The lowest BCUT2D eigenvalue weighted by Gasteiger charge is -2.19. The summed E-state index contributed by atoms with van der Waals surface area (Å²) in [6, 6.07) is 6.93. The highest BCUT2D eigenvalue weighted by molar-refractivity contribution is 5.75. The normalized spacial score (nSPS) is 13.8. The van der Waals surface area contributed by atoms with Crippen molar-refractivity contribution >= 4 is 11.0 Å². The van der Waals surface area contributed by atoms with Gasteiger partial charge in [-0.15, -0.1) is 0 Å². The third-order valence-corrected chi connectivity index (χ3v) is 3.47. The second-order valence-electron chi connectivity index (χ2n) is 5.25. The predicted molar refractivity (Wildman–Crippen MR) is 77.2 cm³/mol. The van der Waals surface area contributed by atoms with Crippen molar-refractivity contribution in [2.24, 2.45) is 7.05 Å². The van der Waals surface area contributed by atoms with Gasteiger partial charge in [0.1, 0.15) is 5.82 Å². The van der Waals surface area contributed by atoms with E-state index in [1.54, 1.807) is 0 Å². The van der Waals surface area contributed by atoms with E-state index in [0.717, 1.165) is 17.5 Å². The Kier molecular flexibility index (Phi) is 4.88. The Bertz CT molecular complexity index is 589. The Labute approximate surface area is 122 Å². The van der Waals surface area contributed by atoms with E-state index in [2.05, 4.69) is 10.3 Å². The lowest BCUT2D eigenvalue weighted by Crippen LogP contribution is -2.36. The molecular formula is C15H20F3N3. The fourth-order valence-corrected chi connectivity index (χ4v) is 2.44. The van der Waals surface area contributed by atoms with Crippen LogP contribution in [0.2, 0.25) is 0 Å². The fourth-order valence-electron chi connectivity index (χ4n) is 2.44. The van der Waals surface area contributed by atoms with E-state index in [0.29, 0.717) is 12.4 Å². The van der Waals surface area contributed by atoms with Gasteiger partial charge in [0.2, 0.25) is 0 Å². The van der Waals surface area contributed by atoms with E-state index >= 15 is 0 Å². The Morgan fingerprint density at radius 1 is 1.29 bits per heavy atom. The lowest BCUT2D eigenvalue weighted by atomic mass is 10.1. The molecule has 0 fully saturated rings. The Hall–Kier alpha value is -1.56. The van der Waals surface area contributed by atoms with E-state index in [9.17, 15) is 13.2 Å². The summed E-state index contributed by atoms with van der Waals surface area (Å²) in [6.07, 6.45) is -3.94. The molecular weight excluding hydrogens is 279 g/mol. The first-order chi connectivity index (χ1) is 9.90. The molecule has 1 N–H and O–H groups in total. The largest absolute Gasteiger partial charge is 0.390 e. The molecule has 2 rings (SSSR count). The summed E-state index contributed by atoms with van der Waals surface area (Å²) < 4.78 is 39.9. The van der Waals surface area contributed by atoms with Crippen LogP contribution < -0.4 is 5.32 Å². The van der Waals surface area contributed by atoms with E-state index in [1.165, 1.54) is 0 Å². The van der Waals surface area contributed by atoms with Crippen LogP contribution in [0.1, 0.15) is 25.6 Å². The maximum atomic E-state index is 12.7. The lowest BCUT2D eigenvalue weighted by molar-refractivity contribution is -0.140. The van der Waals surface area contributed by atoms with Crippen molar-refractivity contribution in [1.29, 1.82) is 0 Å². The highest BCUT2D eigenvalue weighted by Gasteiger charge is 2.32. The molecule has 0 bridgehead atoms. The van der Waals surface area contributed by atoms with Gasteiger partial charge in [0.05, 0.1) is 17.5 Å². The fraction of sp³-hybridized carbons (Fsp3) is 0.533. The molecule has 1 atom stereocenters. The van der Waals surface area contributed by atoms with E-state index in [4.69, 9.17) is 0 Å². The van der Waals surface area contributed by atoms with Crippen molar-refractivity contribution in [2.45, 2.75) is 38.4 Å². The van der Waals surface area contributed by atoms with E-state index in [1.807, 2.05) is 42.8 Å². The summed E-state index contributed by atoms with van der Waals surface area (Å²) in [5.74, 6) is 0.675. The van der Waals surface area contributed by atoms with Crippen LogP contribution in [-0.4, -0.2) is 28.3 Å². The molecule has 1 heterocycles. The highest BCUT2D eigenvalue weighted by atomic mass is 19.4. The molecule has 0 saturated heterocycles. The van der Waals surface area contributed by atoms with Crippen LogP contribution in [0.25, 0.3) is 11.0 Å². The van der Waals surface area contributed by atoms with Crippen molar-refractivity contribution < 1.29 is 13.2 Å². The van der Waals surface area contributed by atoms with Gasteiger partial charge in [-0.1, -0.05) is 19.1 Å². The minimum Gasteiger partial charge on any atom is -0.331 e. The van der Waals surface area contributed by atoms with Gasteiger partial charge < -0.3 is 9.88 Å². The number of hydrogen-bond acceptors (Lipinski definition) is 2. The number of rotatable bonds is 6. The number of fused-ring (bicyclic) bond motifs is 1. The second kappa shape index (κ2) is 6.47. The van der Waals surface area contributed by atoms with Gasteiger partial charge in [0.25, 0.3) is 0 Å². The molecule has 116 valence electrons. The molecule has 3 nitrogen and oxygen atoms in total. The zero-order valence-electron chi connectivity index (χ0n) is 12.2. The second-order valence-corrected chi connectivity index (χ2v) is 5.25. The summed E-state index contributed by atoms with van der Waals surface area (Å²) >= 11 is 0. The predicted octanol–water partition coefficient (Wildman–Crippen LogP) is 3.44. The molecule has 0 amide bonds. The van der Waals surface area contributed by atoms with E-state index < -0.39 is 18.6 Å². The summed E-state index contributed by atoms with van der Waals surface area (Å²) in [5, 5.41) is 2.97. The van der Waals surface area contributed by atoms with Crippen LogP contribution in [0.3, 0.4) is 0 Å². The molecule has 0 aliphatic carbocycles. The number of nitrogens with zero attached hydrogens (tertiary/aromatic N) is 2. The van der Waals surface area contributed by atoms with Crippen LogP contribution in [-0.2, 0) is 13.5 Å². The van der Waals surface area contributed by atoms with Crippen molar-refractivity contribution in [3.63, 3.8) is 0 Å². The number of imidazole rings is 1. The summed E-state index contributed by atoms with van der Waals surface area (Å²) in [5.41, 5.74) is 1.75. The third-order valence-electron chi connectivity index (χ3n) is 3.47. The zero-order chi connectivity index (χ0) is 15.5. The van der Waals surface area contributed by atoms with Crippen LogP contribution in [0, 0.1) is 0 Å². The molecule has 1 unspecified atom stereocenters. The quantitative estimate of drug-likeness (QED) is 0.885. The molecule has 0 aliphatic rings. The van der Waals surface area contributed by atoms with Crippen molar-refractivity contribution in [3.05, 3.63) is 30.1 Å². The average molecular weight is 299 g/mol. The molecule has 1 aromatic heterocycles. The zero-order valence-corrected chi connectivity index (χ0v) is 12.2. The number of hydrogen-bond donors (Lipinski definition) is 1. The van der Waals surface area contributed by atoms with Gasteiger partial charge in [-0.25, -0.2) is 4.98 Å². The molecule has 0 aliphatic heterocycles. The molecule has 21 heavy (non-hydrogen) atoms. The monoisotopic (exact) mass is 299 g/mol. The number of nitrogens with one attached hydrogen (secondary N) is 1. The number of aryl methyl sites for hydroxylation is 1. The number of para-hydroxylation sites is 2. The number of alkyl halides is 3. The first-order valence-corrected chi connectivity index (χ1v) is 7.11. The molecule has 1 aromatic carbocycles. The van der Waals surface area contributed by atoms with Gasteiger partial charge in [-0.05, 0) is 25.1 Å². The molecule has 0 spiro atoms. The standard InChI is InChI=1S/C15H20F3N3/c1-3-8-19-11(10-15(16,17)18)9-14-20-12-6-4-5-7-13(12)21(14)2/h4-7,11,19H,3,8-10H2,1-2H3. The smallest absolute Gasteiger partial charge is 0.331 e. The Morgan fingerprint density at radius 3 is 2.62 bits per heavy atom. The van der Waals surface area contributed by atoms with Gasteiger partial charge in [0, 0.05) is 19.5 Å². The minimum absolute atomic E-state index is 0.269. The van der Waals surface area contributed by atoms with Gasteiger partial charge >= 0.3 is 6.18 Å². The number of aromatic nitrogens is 2. The molecule has 6 heteroatoms. The van der Waals surface area contributed by atoms with Gasteiger partial charge in [-0.2, -0.15) is 13.2 Å². The maximum Gasteiger partial charge on any atom is 0.390 e. The molecule has 0 radical (unpaired) electrons. The molecule has 0 saturated carbocycles. The first-order valence-electron chi connectivity index (χ1n) is 7.11. The summed E-state index contributed by atoms with van der Waals surface area (Å²) in [4.78, 5) is 4.45. The van der Waals surface area contributed by atoms with Crippen LogP contribution in [0.5, 0.6) is 0 Å². The Balaban J connectivity index is 2.19. The highest BCUT2D eigenvalue weighted by Crippen LogP contribution is 2.24. The number of benzene rings is 1. The van der Waals surface area contributed by atoms with Crippen molar-refractivity contribution in [3.8, 4) is 0 Å². The van der Waals surface area contributed by atoms with Crippen LogP contribution in [0.15, 0.2) is 24.3 Å². The summed E-state index contributed by atoms with van der Waals surface area (Å²) in [7, 11) is 1.84. The van der Waals surface area contributed by atoms with Gasteiger partial charge in [0.15, 0.2) is 0 Å². The van der Waals surface area contributed by atoms with Crippen molar-refractivity contribution in [1.82, 2.24) is 14.9 Å². The summed E-state index contributed by atoms with van der Waals surface area (Å²) in [6.45, 7) is 2.51. The average Bonchev–Trinajstić information content (AvgIpc) is 2.72. The molecule has 2 aromatic rings. The SMILES string of the molecule is CCCNC(Cc1nc2ccccc2n1C)CC(F)(F)F. The topological polar surface area (TPSA) is 29.9 Å². The minimum atomic E-state index is -4.17. The first kappa shape index (κ1) is 15.8. The van der Waals surface area contributed by atoms with E-state index in [-0.39, 0.29) is 6.42 Å². The van der Waals surface area contributed by atoms with Crippen molar-refractivity contribution in [2.75, 3.05) is 6.54 Å².